The molecule has 0 unspecified atom stereocenters. The summed E-state index contributed by atoms with van der Waals surface area (Å²) in [7, 11) is 0. The molecule has 2 heterocycles. The molecule has 0 bridgehead atoms. The summed E-state index contributed by atoms with van der Waals surface area (Å²) in [6.45, 7) is 2.06. The standard InChI is InChI=1S/C9H13N5O/c10-7-5-8(13-6-12-7)14-3-1-9(15)11-2-4-14/h5-6H,1-4H2,(H,11,15)(H2,10,12,13). The Bertz CT molecular complexity index is 367. The van der Waals surface area contributed by atoms with Gasteiger partial charge < -0.3 is 16.0 Å². The summed E-state index contributed by atoms with van der Waals surface area (Å²) in [5.74, 6) is 1.31. The maximum absolute atomic E-state index is 11.1. The van der Waals surface area contributed by atoms with Crippen molar-refractivity contribution < 1.29 is 4.79 Å². The van der Waals surface area contributed by atoms with Crippen molar-refractivity contribution in [3.8, 4) is 0 Å². The molecule has 0 radical (unpaired) electrons. The summed E-state index contributed by atoms with van der Waals surface area (Å²) in [6, 6.07) is 1.72. The van der Waals surface area contributed by atoms with Crippen molar-refractivity contribution in [1.29, 1.82) is 0 Å². The monoisotopic (exact) mass is 207 g/mol. The van der Waals surface area contributed by atoms with E-state index in [2.05, 4.69) is 15.3 Å². The number of rotatable bonds is 1. The predicted molar refractivity (Wildman–Crippen MR) is 56.3 cm³/mol. The Kier molecular flexibility index (Phi) is 2.66. The van der Waals surface area contributed by atoms with Gasteiger partial charge in [0, 0.05) is 32.1 Å². The second kappa shape index (κ2) is 4.12. The third kappa shape index (κ3) is 2.34. The van der Waals surface area contributed by atoms with Crippen molar-refractivity contribution in [3.05, 3.63) is 12.4 Å². The van der Waals surface area contributed by atoms with E-state index < -0.39 is 0 Å². The van der Waals surface area contributed by atoms with Gasteiger partial charge in [0.2, 0.25) is 5.91 Å². The van der Waals surface area contributed by atoms with Crippen LogP contribution < -0.4 is 16.0 Å². The van der Waals surface area contributed by atoms with Gasteiger partial charge in [-0.25, -0.2) is 9.97 Å². The topological polar surface area (TPSA) is 84.1 Å². The Hall–Kier alpha value is -1.85. The minimum Gasteiger partial charge on any atom is -0.384 e. The van der Waals surface area contributed by atoms with E-state index in [1.54, 1.807) is 6.07 Å². The highest BCUT2D eigenvalue weighted by molar-refractivity contribution is 5.77. The first-order chi connectivity index (χ1) is 7.25. The first-order valence-electron chi connectivity index (χ1n) is 4.85. The van der Waals surface area contributed by atoms with Crippen LogP contribution in [0, 0.1) is 0 Å². The molecule has 3 N–H and O–H groups in total. The van der Waals surface area contributed by atoms with Crippen molar-refractivity contribution in [2.45, 2.75) is 6.42 Å². The number of carbonyl (C=O) groups excluding carboxylic acids is 1. The molecule has 1 amide bonds. The smallest absolute Gasteiger partial charge is 0.221 e. The number of nitrogens with zero attached hydrogens (tertiary/aromatic N) is 3. The molecule has 1 fully saturated rings. The zero-order valence-corrected chi connectivity index (χ0v) is 8.31. The molecule has 0 saturated carbocycles. The Morgan fingerprint density at radius 2 is 2.27 bits per heavy atom. The molecule has 6 heteroatoms. The van der Waals surface area contributed by atoms with E-state index in [0.29, 0.717) is 25.3 Å². The number of anilines is 2. The number of carbonyl (C=O) groups is 1. The molecule has 15 heavy (non-hydrogen) atoms. The molecule has 1 aromatic rings. The van der Waals surface area contributed by atoms with Gasteiger partial charge >= 0.3 is 0 Å². The summed E-state index contributed by atoms with van der Waals surface area (Å²) < 4.78 is 0. The van der Waals surface area contributed by atoms with Crippen LogP contribution in [0.4, 0.5) is 11.6 Å². The number of hydrogen-bond acceptors (Lipinski definition) is 5. The van der Waals surface area contributed by atoms with E-state index in [1.165, 1.54) is 6.33 Å². The number of hydrogen-bond donors (Lipinski definition) is 2. The van der Waals surface area contributed by atoms with Gasteiger partial charge in [0.05, 0.1) is 0 Å². The molecule has 0 aliphatic carbocycles. The highest BCUT2D eigenvalue weighted by atomic mass is 16.1. The fraction of sp³-hybridized carbons (Fsp3) is 0.444. The van der Waals surface area contributed by atoms with Crippen LogP contribution in [-0.2, 0) is 4.79 Å². The van der Waals surface area contributed by atoms with Crippen molar-refractivity contribution in [1.82, 2.24) is 15.3 Å². The highest BCUT2D eigenvalue weighted by Gasteiger charge is 2.14. The summed E-state index contributed by atoms with van der Waals surface area (Å²) in [4.78, 5) is 21.1. The maximum atomic E-state index is 11.1. The zero-order valence-electron chi connectivity index (χ0n) is 8.31. The average molecular weight is 207 g/mol. The summed E-state index contributed by atoms with van der Waals surface area (Å²) in [5.41, 5.74) is 5.57. The molecule has 1 aliphatic heterocycles. The van der Waals surface area contributed by atoms with Gasteiger partial charge in [0.15, 0.2) is 0 Å². The molecular formula is C9H13N5O. The summed E-state index contributed by atoms with van der Waals surface area (Å²) in [5, 5.41) is 2.80. The van der Waals surface area contributed by atoms with Gasteiger partial charge in [-0.05, 0) is 0 Å². The van der Waals surface area contributed by atoms with Crippen LogP contribution in [0.3, 0.4) is 0 Å². The minimum atomic E-state index is 0.0829. The van der Waals surface area contributed by atoms with E-state index in [1.807, 2.05) is 4.90 Å². The Labute approximate surface area is 87.5 Å². The minimum absolute atomic E-state index is 0.0829. The lowest BCUT2D eigenvalue weighted by Gasteiger charge is -2.20. The fourth-order valence-electron chi connectivity index (χ4n) is 1.53. The molecule has 1 saturated heterocycles. The fourth-order valence-corrected chi connectivity index (χ4v) is 1.53. The predicted octanol–water partition coefficient (Wildman–Crippen LogP) is -0.615. The van der Waals surface area contributed by atoms with E-state index >= 15 is 0 Å². The first-order valence-corrected chi connectivity index (χ1v) is 4.85. The van der Waals surface area contributed by atoms with Gasteiger partial charge in [0.1, 0.15) is 18.0 Å². The number of nitrogens with two attached hydrogens (primary N) is 1. The molecule has 2 rings (SSSR count). The summed E-state index contributed by atoms with van der Waals surface area (Å²) >= 11 is 0. The molecule has 6 nitrogen and oxygen atoms in total. The van der Waals surface area contributed by atoms with E-state index in [9.17, 15) is 4.79 Å². The maximum Gasteiger partial charge on any atom is 0.221 e. The van der Waals surface area contributed by atoms with Crippen molar-refractivity contribution >= 4 is 17.5 Å². The summed E-state index contributed by atoms with van der Waals surface area (Å²) in [6.07, 6.45) is 1.93. The van der Waals surface area contributed by atoms with Gasteiger partial charge in [-0.15, -0.1) is 0 Å². The van der Waals surface area contributed by atoms with Crippen LogP contribution in [-0.4, -0.2) is 35.5 Å². The van der Waals surface area contributed by atoms with Crippen LogP contribution in [0.5, 0.6) is 0 Å². The van der Waals surface area contributed by atoms with Crippen LogP contribution >= 0.6 is 0 Å². The molecule has 1 aliphatic rings. The lowest BCUT2D eigenvalue weighted by atomic mass is 10.3. The normalized spacial score (nSPS) is 17.1. The first kappa shape index (κ1) is 9.70. The Balaban J connectivity index is 2.13. The molecule has 0 atom stereocenters. The largest absolute Gasteiger partial charge is 0.384 e. The van der Waals surface area contributed by atoms with Gasteiger partial charge in [-0.1, -0.05) is 0 Å². The molecular weight excluding hydrogens is 194 g/mol. The SMILES string of the molecule is Nc1cc(N2CCNC(=O)CC2)ncn1. The van der Waals surface area contributed by atoms with Crippen LogP contribution in [0.2, 0.25) is 0 Å². The second-order valence-corrected chi connectivity index (χ2v) is 3.39. The second-order valence-electron chi connectivity index (χ2n) is 3.39. The van der Waals surface area contributed by atoms with Crippen molar-refractivity contribution in [2.24, 2.45) is 0 Å². The van der Waals surface area contributed by atoms with Crippen molar-refractivity contribution in [2.75, 3.05) is 30.3 Å². The lowest BCUT2D eigenvalue weighted by Crippen LogP contribution is -2.29. The Morgan fingerprint density at radius 1 is 1.40 bits per heavy atom. The van der Waals surface area contributed by atoms with Crippen LogP contribution in [0.15, 0.2) is 12.4 Å². The van der Waals surface area contributed by atoms with Gasteiger partial charge in [-0.2, -0.15) is 0 Å². The molecule has 1 aromatic heterocycles. The van der Waals surface area contributed by atoms with Gasteiger partial charge in [-0.3, -0.25) is 4.79 Å². The lowest BCUT2D eigenvalue weighted by molar-refractivity contribution is -0.120. The van der Waals surface area contributed by atoms with E-state index in [-0.39, 0.29) is 5.91 Å². The number of aromatic nitrogens is 2. The van der Waals surface area contributed by atoms with Crippen molar-refractivity contribution in [3.63, 3.8) is 0 Å². The third-order valence-electron chi connectivity index (χ3n) is 2.31. The van der Waals surface area contributed by atoms with Gasteiger partial charge in [0.25, 0.3) is 0 Å². The average Bonchev–Trinajstić information content (AvgIpc) is 2.43. The quantitative estimate of drug-likeness (QED) is 0.641. The molecule has 80 valence electrons. The highest BCUT2D eigenvalue weighted by Crippen LogP contribution is 2.12. The van der Waals surface area contributed by atoms with E-state index in [0.717, 1.165) is 12.4 Å². The zero-order chi connectivity index (χ0) is 10.7. The van der Waals surface area contributed by atoms with Crippen LogP contribution in [0.25, 0.3) is 0 Å². The third-order valence-corrected chi connectivity index (χ3v) is 2.31. The number of nitrogen functional groups attached to an aromatic ring is 1. The molecule has 0 spiro atoms. The van der Waals surface area contributed by atoms with E-state index in [4.69, 9.17) is 5.73 Å². The molecule has 0 aromatic carbocycles. The Morgan fingerprint density at radius 3 is 3.07 bits per heavy atom. The number of amides is 1. The number of nitrogens with one attached hydrogen (secondary N) is 1. The van der Waals surface area contributed by atoms with Crippen LogP contribution in [0.1, 0.15) is 6.42 Å².